The fraction of sp³-hybridized carbons (Fsp3) is 0.833. The molecule has 0 bridgehead atoms. The molecule has 2 fully saturated rings. The minimum atomic E-state index is -0.501. The van der Waals surface area contributed by atoms with E-state index in [2.05, 4.69) is 10.6 Å². The first-order valence-electron chi connectivity index (χ1n) is 9.59. The summed E-state index contributed by atoms with van der Waals surface area (Å²) < 4.78 is 4.76. The first-order chi connectivity index (χ1) is 12.1. The smallest absolute Gasteiger partial charge is 0.407 e. The summed E-state index contributed by atoms with van der Waals surface area (Å²) in [5.74, 6) is -0.0429. The van der Waals surface area contributed by atoms with Crippen molar-refractivity contribution >= 4 is 17.9 Å². The van der Waals surface area contributed by atoms with Crippen molar-refractivity contribution in [3.8, 4) is 0 Å². The standard InChI is InChI=1S/C18H31N3O4/c1-2-25-18(24)19-11-10-16(22)21-12-6-7-14(13-21)17(23)20-15-8-4-3-5-9-15/h14-15H,2-13H2,1H3,(H,19,24)(H,20,23). The van der Waals surface area contributed by atoms with Crippen LogP contribution in [0.3, 0.4) is 0 Å². The predicted molar refractivity (Wildman–Crippen MR) is 94.0 cm³/mol. The molecule has 3 amide bonds. The monoisotopic (exact) mass is 353 g/mol. The molecule has 2 rings (SSSR count). The van der Waals surface area contributed by atoms with Gasteiger partial charge in [-0.3, -0.25) is 9.59 Å². The Bertz CT molecular complexity index is 463. The zero-order valence-electron chi connectivity index (χ0n) is 15.2. The Morgan fingerprint density at radius 2 is 1.84 bits per heavy atom. The van der Waals surface area contributed by atoms with Gasteiger partial charge in [-0.15, -0.1) is 0 Å². The van der Waals surface area contributed by atoms with Crippen LogP contribution >= 0.6 is 0 Å². The number of alkyl carbamates (subject to hydrolysis) is 1. The van der Waals surface area contributed by atoms with Crippen molar-refractivity contribution in [3.63, 3.8) is 0 Å². The molecule has 1 aliphatic carbocycles. The number of nitrogens with zero attached hydrogens (tertiary/aromatic N) is 1. The molecular weight excluding hydrogens is 322 g/mol. The van der Waals surface area contributed by atoms with Crippen LogP contribution in [0.4, 0.5) is 4.79 Å². The van der Waals surface area contributed by atoms with Crippen LogP contribution < -0.4 is 10.6 Å². The van der Waals surface area contributed by atoms with Gasteiger partial charge in [-0.2, -0.15) is 0 Å². The molecule has 7 nitrogen and oxygen atoms in total. The van der Waals surface area contributed by atoms with Gasteiger partial charge in [-0.25, -0.2) is 4.79 Å². The summed E-state index contributed by atoms with van der Waals surface area (Å²) in [6.07, 6.45) is 7.19. The molecule has 1 saturated heterocycles. The third kappa shape index (κ3) is 6.55. The molecule has 1 atom stereocenters. The highest BCUT2D eigenvalue weighted by atomic mass is 16.5. The Kier molecular flexibility index (Phi) is 8.01. The van der Waals surface area contributed by atoms with Crippen LogP contribution in [0.2, 0.25) is 0 Å². The summed E-state index contributed by atoms with van der Waals surface area (Å²) >= 11 is 0. The van der Waals surface area contributed by atoms with E-state index in [4.69, 9.17) is 4.74 Å². The van der Waals surface area contributed by atoms with Crippen molar-refractivity contribution in [1.82, 2.24) is 15.5 Å². The fourth-order valence-electron chi connectivity index (χ4n) is 3.60. The molecule has 2 aliphatic rings. The van der Waals surface area contributed by atoms with Crippen LogP contribution in [-0.2, 0) is 14.3 Å². The van der Waals surface area contributed by atoms with Crippen molar-refractivity contribution in [2.45, 2.75) is 64.3 Å². The van der Waals surface area contributed by atoms with Crippen molar-refractivity contribution < 1.29 is 19.1 Å². The van der Waals surface area contributed by atoms with E-state index in [0.717, 1.165) is 25.7 Å². The molecule has 7 heteroatoms. The quantitative estimate of drug-likeness (QED) is 0.762. The Hall–Kier alpha value is -1.79. The number of carbonyl (C=O) groups excluding carboxylic acids is 3. The number of hydrogen-bond acceptors (Lipinski definition) is 4. The van der Waals surface area contributed by atoms with E-state index in [0.29, 0.717) is 25.7 Å². The lowest BCUT2D eigenvalue weighted by atomic mass is 9.93. The minimum absolute atomic E-state index is 0.0213. The summed E-state index contributed by atoms with van der Waals surface area (Å²) in [6, 6.07) is 0.307. The number of piperidine rings is 1. The topological polar surface area (TPSA) is 87.7 Å². The van der Waals surface area contributed by atoms with Gasteiger partial charge in [0.2, 0.25) is 11.8 Å². The summed E-state index contributed by atoms with van der Waals surface area (Å²) in [6.45, 7) is 3.47. The van der Waals surface area contributed by atoms with Gasteiger partial charge < -0.3 is 20.3 Å². The number of rotatable bonds is 6. The van der Waals surface area contributed by atoms with Crippen LogP contribution in [0.15, 0.2) is 0 Å². The summed E-state index contributed by atoms with van der Waals surface area (Å²) in [4.78, 5) is 37.8. The maximum Gasteiger partial charge on any atom is 0.407 e. The van der Waals surface area contributed by atoms with E-state index < -0.39 is 6.09 Å². The van der Waals surface area contributed by atoms with Gasteiger partial charge in [0.1, 0.15) is 0 Å². The lowest BCUT2D eigenvalue weighted by Gasteiger charge is -2.33. The Morgan fingerprint density at radius 3 is 2.56 bits per heavy atom. The summed E-state index contributed by atoms with van der Waals surface area (Å²) in [5, 5.41) is 5.72. The van der Waals surface area contributed by atoms with Gasteiger partial charge in [0.25, 0.3) is 0 Å². The second-order valence-corrected chi connectivity index (χ2v) is 6.92. The number of ether oxygens (including phenoxy) is 1. The molecule has 2 N–H and O–H groups in total. The molecule has 0 spiro atoms. The first-order valence-corrected chi connectivity index (χ1v) is 9.59. The fourth-order valence-corrected chi connectivity index (χ4v) is 3.60. The largest absolute Gasteiger partial charge is 0.450 e. The predicted octanol–water partition coefficient (Wildman–Crippen LogP) is 1.81. The third-order valence-corrected chi connectivity index (χ3v) is 4.98. The van der Waals surface area contributed by atoms with Crippen LogP contribution in [0.25, 0.3) is 0 Å². The second kappa shape index (κ2) is 10.3. The number of hydrogen-bond donors (Lipinski definition) is 2. The Labute approximate surface area is 149 Å². The van der Waals surface area contributed by atoms with Crippen molar-refractivity contribution in [2.24, 2.45) is 5.92 Å². The Morgan fingerprint density at radius 1 is 1.08 bits per heavy atom. The van der Waals surface area contributed by atoms with E-state index in [-0.39, 0.29) is 30.7 Å². The molecule has 0 aromatic heterocycles. The summed E-state index contributed by atoms with van der Waals surface area (Å²) in [7, 11) is 0. The second-order valence-electron chi connectivity index (χ2n) is 6.92. The molecular formula is C18H31N3O4. The lowest BCUT2D eigenvalue weighted by Crippen LogP contribution is -2.48. The average molecular weight is 353 g/mol. The number of likely N-dealkylation sites (tertiary alicyclic amines) is 1. The van der Waals surface area contributed by atoms with Crippen LogP contribution in [0.1, 0.15) is 58.3 Å². The zero-order chi connectivity index (χ0) is 18.1. The van der Waals surface area contributed by atoms with E-state index in [1.54, 1.807) is 11.8 Å². The number of nitrogens with one attached hydrogen (secondary N) is 2. The normalized spacial score (nSPS) is 21.5. The highest BCUT2D eigenvalue weighted by molar-refractivity contribution is 5.81. The van der Waals surface area contributed by atoms with Gasteiger partial charge in [0.15, 0.2) is 0 Å². The molecule has 0 aromatic rings. The number of carbonyl (C=O) groups is 3. The number of amides is 3. The maximum absolute atomic E-state index is 12.5. The molecule has 25 heavy (non-hydrogen) atoms. The van der Waals surface area contributed by atoms with Crippen LogP contribution in [0, 0.1) is 5.92 Å². The molecule has 1 aliphatic heterocycles. The molecule has 1 heterocycles. The Balaban J connectivity index is 1.72. The highest BCUT2D eigenvalue weighted by Gasteiger charge is 2.29. The maximum atomic E-state index is 12.5. The first kappa shape index (κ1) is 19.5. The molecule has 1 saturated carbocycles. The van der Waals surface area contributed by atoms with Gasteiger partial charge in [-0.05, 0) is 32.6 Å². The van der Waals surface area contributed by atoms with Crippen molar-refractivity contribution in [1.29, 1.82) is 0 Å². The van der Waals surface area contributed by atoms with Crippen LogP contribution in [0.5, 0.6) is 0 Å². The highest BCUT2D eigenvalue weighted by Crippen LogP contribution is 2.21. The van der Waals surface area contributed by atoms with Gasteiger partial charge in [0.05, 0.1) is 12.5 Å². The van der Waals surface area contributed by atoms with Gasteiger partial charge >= 0.3 is 6.09 Å². The zero-order valence-corrected chi connectivity index (χ0v) is 15.2. The van der Waals surface area contributed by atoms with Crippen molar-refractivity contribution in [3.05, 3.63) is 0 Å². The lowest BCUT2D eigenvalue weighted by molar-refractivity contribution is -0.135. The van der Waals surface area contributed by atoms with Crippen LogP contribution in [-0.4, -0.2) is 55.1 Å². The summed E-state index contributed by atoms with van der Waals surface area (Å²) in [5.41, 5.74) is 0. The van der Waals surface area contributed by atoms with E-state index in [9.17, 15) is 14.4 Å². The third-order valence-electron chi connectivity index (χ3n) is 4.98. The SMILES string of the molecule is CCOC(=O)NCCC(=O)N1CCCC(C(=O)NC2CCCCC2)C1. The molecule has 1 unspecified atom stereocenters. The van der Waals surface area contributed by atoms with Gasteiger partial charge in [0, 0.05) is 32.1 Å². The van der Waals surface area contributed by atoms with Crippen molar-refractivity contribution in [2.75, 3.05) is 26.2 Å². The average Bonchev–Trinajstić information content (AvgIpc) is 2.63. The van der Waals surface area contributed by atoms with E-state index >= 15 is 0 Å². The molecule has 0 aromatic carbocycles. The van der Waals surface area contributed by atoms with Gasteiger partial charge in [-0.1, -0.05) is 19.3 Å². The molecule has 142 valence electrons. The minimum Gasteiger partial charge on any atom is -0.450 e. The molecule has 0 radical (unpaired) electrons. The van der Waals surface area contributed by atoms with E-state index in [1.165, 1.54) is 19.3 Å². The van der Waals surface area contributed by atoms with E-state index in [1.807, 2.05) is 0 Å².